The van der Waals surface area contributed by atoms with Gasteiger partial charge in [-0.1, -0.05) is 71.5 Å². The fraction of sp³-hybridized carbons (Fsp3) is 0.304. The number of rotatable bonds is 6. The molecule has 5 atom stereocenters. The Kier molecular flexibility index (Phi) is 7.32. The van der Waals surface area contributed by atoms with Gasteiger partial charge in [-0.15, -0.1) is 10.2 Å². The van der Waals surface area contributed by atoms with Crippen LogP contribution in [0.3, 0.4) is 0 Å². The van der Waals surface area contributed by atoms with Crippen LogP contribution in [-0.2, 0) is 11.2 Å². The van der Waals surface area contributed by atoms with Crippen molar-refractivity contribution in [3.05, 3.63) is 80.3 Å². The van der Waals surface area contributed by atoms with E-state index in [1.165, 1.54) is 11.3 Å². The molecule has 0 radical (unpaired) electrons. The first-order valence-corrected chi connectivity index (χ1v) is 11.3. The third-order valence-electron chi connectivity index (χ3n) is 5.33. The summed E-state index contributed by atoms with van der Waals surface area (Å²) in [6, 6.07) is 15.0. The highest BCUT2D eigenvalue weighted by atomic mass is 35.5. The van der Waals surface area contributed by atoms with Crippen molar-refractivity contribution in [1.29, 1.82) is 0 Å². The molecule has 4 rings (SSSR count). The zero-order valence-electron chi connectivity index (χ0n) is 17.0. The first-order chi connectivity index (χ1) is 15.5. The highest BCUT2D eigenvalue weighted by Crippen LogP contribution is 2.34. The summed E-state index contributed by atoms with van der Waals surface area (Å²) < 4.78 is 5.65. The van der Waals surface area contributed by atoms with Gasteiger partial charge in [0.1, 0.15) is 40.5 Å². The number of hydrogen-bond acceptors (Lipinski definition) is 8. The van der Waals surface area contributed by atoms with Gasteiger partial charge in [-0.2, -0.15) is 0 Å². The standard InChI is InChI=1S/C23H23ClN2O5S/c24-16-8-7-14(23-22(30)21(29)20(28)17(12-27)31-23)10-15(16)11-19-26-25-18(32-19)9-6-13-4-2-1-3-5-13/h1-10,17,20-23,27-30H,11-12H2/t17-,20-,21+,22-,23?/m1/s1. The second kappa shape index (κ2) is 10.2. The monoisotopic (exact) mass is 474 g/mol. The number of ether oxygens (including phenoxy) is 1. The fourth-order valence-electron chi connectivity index (χ4n) is 3.58. The van der Waals surface area contributed by atoms with Crippen LogP contribution in [0.1, 0.15) is 32.8 Å². The summed E-state index contributed by atoms with van der Waals surface area (Å²) in [5.41, 5.74) is 2.41. The van der Waals surface area contributed by atoms with Gasteiger partial charge in [0.15, 0.2) is 0 Å². The van der Waals surface area contributed by atoms with Crippen LogP contribution in [0.5, 0.6) is 0 Å². The van der Waals surface area contributed by atoms with E-state index in [0.717, 1.165) is 21.1 Å². The van der Waals surface area contributed by atoms with Gasteiger partial charge >= 0.3 is 0 Å². The van der Waals surface area contributed by atoms with Crippen LogP contribution in [0.15, 0.2) is 48.5 Å². The summed E-state index contributed by atoms with van der Waals surface area (Å²) in [4.78, 5) is 0. The molecular weight excluding hydrogens is 452 g/mol. The third kappa shape index (κ3) is 5.07. The molecule has 168 valence electrons. The van der Waals surface area contributed by atoms with Crippen LogP contribution in [0.2, 0.25) is 5.02 Å². The van der Waals surface area contributed by atoms with Gasteiger partial charge in [0.25, 0.3) is 0 Å². The van der Waals surface area contributed by atoms with E-state index in [0.29, 0.717) is 17.0 Å². The molecule has 0 bridgehead atoms. The number of aromatic nitrogens is 2. The zero-order valence-corrected chi connectivity index (χ0v) is 18.5. The minimum absolute atomic E-state index is 0.431. The van der Waals surface area contributed by atoms with E-state index in [1.807, 2.05) is 42.5 Å². The summed E-state index contributed by atoms with van der Waals surface area (Å²) in [5.74, 6) is 0. The Morgan fingerprint density at radius 2 is 1.75 bits per heavy atom. The average Bonchev–Trinajstić information content (AvgIpc) is 3.26. The molecule has 3 aromatic rings. The lowest BCUT2D eigenvalue weighted by Crippen LogP contribution is -2.55. The summed E-state index contributed by atoms with van der Waals surface area (Å²) in [6.45, 7) is -0.480. The summed E-state index contributed by atoms with van der Waals surface area (Å²) in [7, 11) is 0. The largest absolute Gasteiger partial charge is 0.394 e. The van der Waals surface area contributed by atoms with E-state index in [1.54, 1.807) is 18.2 Å². The second-order valence-corrected chi connectivity index (χ2v) is 9.06. The lowest BCUT2D eigenvalue weighted by molar-refractivity contribution is -0.231. The molecule has 2 aromatic carbocycles. The highest BCUT2D eigenvalue weighted by Gasteiger charge is 2.44. The van der Waals surface area contributed by atoms with Crippen molar-refractivity contribution in [1.82, 2.24) is 10.2 Å². The van der Waals surface area contributed by atoms with Crippen LogP contribution < -0.4 is 0 Å². The van der Waals surface area contributed by atoms with Crippen LogP contribution >= 0.6 is 22.9 Å². The van der Waals surface area contributed by atoms with Crippen LogP contribution in [0.4, 0.5) is 0 Å². The number of hydrogen-bond donors (Lipinski definition) is 4. The summed E-state index contributed by atoms with van der Waals surface area (Å²) in [5, 5.41) is 50.4. The Balaban J connectivity index is 1.51. The predicted octanol–water partition coefficient (Wildman–Crippen LogP) is 2.47. The predicted molar refractivity (Wildman–Crippen MR) is 122 cm³/mol. The molecule has 1 aliphatic heterocycles. The SMILES string of the molecule is OC[C@H]1OC(c2ccc(Cl)c(Cc3nnc(C=Cc4ccccc4)s3)c2)[C@H](O)[C@@H](O)[C@@H]1O. The quantitative estimate of drug-likeness (QED) is 0.433. The van der Waals surface area contributed by atoms with Crippen molar-refractivity contribution < 1.29 is 25.2 Å². The van der Waals surface area contributed by atoms with Crippen molar-refractivity contribution in [2.75, 3.05) is 6.61 Å². The van der Waals surface area contributed by atoms with Crippen molar-refractivity contribution in [2.24, 2.45) is 0 Å². The number of benzene rings is 2. The lowest BCUT2D eigenvalue weighted by atomic mass is 9.90. The smallest absolute Gasteiger partial charge is 0.140 e. The van der Waals surface area contributed by atoms with E-state index < -0.39 is 37.1 Å². The van der Waals surface area contributed by atoms with Gasteiger partial charge in [0.2, 0.25) is 0 Å². The fourth-order valence-corrected chi connectivity index (χ4v) is 4.54. The van der Waals surface area contributed by atoms with Gasteiger partial charge < -0.3 is 25.2 Å². The molecule has 1 fully saturated rings. The molecule has 7 nitrogen and oxygen atoms in total. The minimum atomic E-state index is -1.44. The molecule has 32 heavy (non-hydrogen) atoms. The van der Waals surface area contributed by atoms with Gasteiger partial charge in [0, 0.05) is 11.4 Å². The molecule has 1 aliphatic rings. The van der Waals surface area contributed by atoms with Crippen molar-refractivity contribution in [3.63, 3.8) is 0 Å². The van der Waals surface area contributed by atoms with Gasteiger partial charge in [-0.25, -0.2) is 0 Å². The normalized spacial score (nSPS) is 26.0. The molecule has 9 heteroatoms. The number of halogens is 1. The van der Waals surface area contributed by atoms with E-state index in [4.69, 9.17) is 16.3 Å². The van der Waals surface area contributed by atoms with Crippen LogP contribution in [0, 0.1) is 0 Å². The van der Waals surface area contributed by atoms with Crippen LogP contribution in [0.25, 0.3) is 12.2 Å². The maximum absolute atomic E-state index is 10.4. The van der Waals surface area contributed by atoms with E-state index in [2.05, 4.69) is 10.2 Å². The zero-order chi connectivity index (χ0) is 22.7. The Morgan fingerprint density at radius 3 is 2.50 bits per heavy atom. The summed E-state index contributed by atoms with van der Waals surface area (Å²) in [6.07, 6.45) is -1.77. The van der Waals surface area contributed by atoms with E-state index >= 15 is 0 Å². The van der Waals surface area contributed by atoms with E-state index in [-0.39, 0.29) is 0 Å². The summed E-state index contributed by atoms with van der Waals surface area (Å²) >= 11 is 7.83. The third-order valence-corrected chi connectivity index (χ3v) is 6.59. The molecular formula is C23H23ClN2O5S. The average molecular weight is 475 g/mol. The van der Waals surface area contributed by atoms with Crippen molar-refractivity contribution in [3.8, 4) is 0 Å². The molecule has 1 aromatic heterocycles. The van der Waals surface area contributed by atoms with Crippen molar-refractivity contribution in [2.45, 2.75) is 36.9 Å². The van der Waals surface area contributed by atoms with Crippen molar-refractivity contribution >= 4 is 35.1 Å². The first kappa shape index (κ1) is 23.0. The number of nitrogens with zero attached hydrogens (tertiary/aromatic N) is 2. The molecule has 1 saturated heterocycles. The van der Waals surface area contributed by atoms with E-state index in [9.17, 15) is 20.4 Å². The Bertz CT molecular complexity index is 1080. The number of aliphatic hydroxyl groups excluding tert-OH is 4. The molecule has 0 spiro atoms. The van der Waals surface area contributed by atoms with Gasteiger partial charge in [-0.3, -0.25) is 0 Å². The topological polar surface area (TPSA) is 116 Å². The molecule has 0 aliphatic carbocycles. The number of aliphatic hydroxyl groups is 4. The maximum Gasteiger partial charge on any atom is 0.140 e. The molecule has 2 heterocycles. The Morgan fingerprint density at radius 1 is 0.969 bits per heavy atom. The van der Waals surface area contributed by atoms with Gasteiger partial charge in [0.05, 0.1) is 6.61 Å². The maximum atomic E-state index is 10.4. The van der Waals surface area contributed by atoms with Crippen LogP contribution in [-0.4, -0.2) is 61.6 Å². The molecule has 1 unspecified atom stereocenters. The minimum Gasteiger partial charge on any atom is -0.394 e. The second-order valence-electron chi connectivity index (χ2n) is 7.56. The first-order valence-electron chi connectivity index (χ1n) is 10.1. The highest BCUT2D eigenvalue weighted by molar-refractivity contribution is 7.12. The van der Waals surface area contributed by atoms with Gasteiger partial charge in [-0.05, 0) is 28.8 Å². The molecule has 4 N–H and O–H groups in total. The Labute approximate surface area is 194 Å². The lowest BCUT2D eigenvalue weighted by Gasteiger charge is -2.40. The Hall–Kier alpha value is -2.17. The molecule has 0 amide bonds. The molecule has 0 saturated carbocycles.